The number of carbonyl (C=O) groups is 4. The van der Waals surface area contributed by atoms with Gasteiger partial charge in [-0.05, 0) is 51.1 Å². The van der Waals surface area contributed by atoms with Crippen molar-refractivity contribution in [3.05, 3.63) is 59.7 Å². The Bertz CT molecular complexity index is 987. The van der Waals surface area contributed by atoms with Gasteiger partial charge in [-0.15, -0.1) is 0 Å². The lowest BCUT2D eigenvalue weighted by Crippen LogP contribution is -2.39. The standard InChI is InChI=1S/C22H24N4O4/c1-4-23-20(28)16-6-5-7-17(12-16)24-19(27)13-25-21(29)15(3)26(22(25)30)18-10-8-14(2)9-11-18/h5-12,15H,4,13H2,1-3H3,(H,23,28)(H,24,27)/t15-/m0/s1. The van der Waals surface area contributed by atoms with Gasteiger partial charge in [-0.2, -0.15) is 0 Å². The van der Waals surface area contributed by atoms with E-state index in [1.807, 2.05) is 26.0 Å². The van der Waals surface area contributed by atoms with Gasteiger partial charge in [-0.25, -0.2) is 4.79 Å². The van der Waals surface area contributed by atoms with Gasteiger partial charge in [0.05, 0.1) is 0 Å². The second kappa shape index (κ2) is 8.77. The average molecular weight is 408 g/mol. The highest BCUT2D eigenvalue weighted by atomic mass is 16.2. The lowest BCUT2D eigenvalue weighted by Gasteiger charge is -2.19. The van der Waals surface area contributed by atoms with Crippen molar-refractivity contribution in [2.24, 2.45) is 0 Å². The number of hydrogen-bond donors (Lipinski definition) is 2. The minimum atomic E-state index is -0.700. The van der Waals surface area contributed by atoms with E-state index in [1.54, 1.807) is 37.3 Å². The SMILES string of the molecule is CCNC(=O)c1cccc(NC(=O)CN2C(=O)[C@H](C)N(c3ccc(C)cc3)C2=O)c1. The van der Waals surface area contributed by atoms with Gasteiger partial charge in [0.15, 0.2) is 0 Å². The first-order valence-electron chi connectivity index (χ1n) is 9.71. The highest BCUT2D eigenvalue weighted by Gasteiger charge is 2.44. The first-order chi connectivity index (χ1) is 14.3. The van der Waals surface area contributed by atoms with Crippen LogP contribution in [0.4, 0.5) is 16.2 Å². The van der Waals surface area contributed by atoms with E-state index in [9.17, 15) is 19.2 Å². The summed E-state index contributed by atoms with van der Waals surface area (Å²) in [6, 6.07) is 12.5. The summed E-state index contributed by atoms with van der Waals surface area (Å²) in [5.41, 5.74) is 2.45. The van der Waals surface area contributed by atoms with E-state index in [1.165, 1.54) is 11.0 Å². The molecule has 0 spiro atoms. The molecular formula is C22H24N4O4. The number of rotatable bonds is 6. The van der Waals surface area contributed by atoms with Crippen LogP contribution >= 0.6 is 0 Å². The summed E-state index contributed by atoms with van der Waals surface area (Å²) in [7, 11) is 0. The number of nitrogens with zero attached hydrogens (tertiary/aromatic N) is 2. The number of aryl methyl sites for hydroxylation is 1. The maximum absolute atomic E-state index is 12.8. The highest BCUT2D eigenvalue weighted by Crippen LogP contribution is 2.26. The molecule has 5 amide bonds. The van der Waals surface area contributed by atoms with Crippen molar-refractivity contribution in [3.63, 3.8) is 0 Å². The van der Waals surface area contributed by atoms with E-state index in [2.05, 4.69) is 10.6 Å². The van der Waals surface area contributed by atoms with Crippen molar-refractivity contribution in [1.82, 2.24) is 10.2 Å². The zero-order chi connectivity index (χ0) is 21.8. The molecule has 0 saturated carbocycles. The number of carbonyl (C=O) groups excluding carboxylic acids is 4. The van der Waals surface area contributed by atoms with Gasteiger partial charge in [-0.1, -0.05) is 23.8 Å². The van der Waals surface area contributed by atoms with Crippen LogP contribution < -0.4 is 15.5 Å². The number of anilines is 2. The Kier molecular flexibility index (Phi) is 6.15. The number of benzene rings is 2. The van der Waals surface area contributed by atoms with Gasteiger partial charge in [0.2, 0.25) is 5.91 Å². The van der Waals surface area contributed by atoms with Crippen LogP contribution in [0.5, 0.6) is 0 Å². The van der Waals surface area contributed by atoms with E-state index in [4.69, 9.17) is 0 Å². The molecule has 156 valence electrons. The van der Waals surface area contributed by atoms with Crippen molar-refractivity contribution >= 4 is 35.1 Å². The van der Waals surface area contributed by atoms with Crippen LogP contribution in [0.3, 0.4) is 0 Å². The quantitative estimate of drug-likeness (QED) is 0.718. The summed E-state index contributed by atoms with van der Waals surface area (Å²) in [6.07, 6.45) is 0. The van der Waals surface area contributed by atoms with Crippen molar-refractivity contribution in [2.45, 2.75) is 26.8 Å². The van der Waals surface area contributed by atoms with Crippen LogP contribution in [-0.4, -0.2) is 47.8 Å². The largest absolute Gasteiger partial charge is 0.352 e. The molecule has 8 heteroatoms. The summed E-state index contributed by atoms with van der Waals surface area (Å²) in [6.45, 7) is 5.46. The third kappa shape index (κ3) is 4.32. The first kappa shape index (κ1) is 21.0. The molecule has 1 saturated heterocycles. The Morgan fingerprint density at radius 2 is 1.77 bits per heavy atom. The summed E-state index contributed by atoms with van der Waals surface area (Å²) >= 11 is 0. The minimum absolute atomic E-state index is 0.249. The van der Waals surface area contributed by atoms with Gasteiger partial charge < -0.3 is 10.6 Å². The zero-order valence-electron chi connectivity index (χ0n) is 17.1. The Morgan fingerprint density at radius 3 is 2.43 bits per heavy atom. The van der Waals surface area contributed by atoms with Crippen molar-refractivity contribution in [2.75, 3.05) is 23.3 Å². The van der Waals surface area contributed by atoms with E-state index in [0.717, 1.165) is 10.5 Å². The lowest BCUT2D eigenvalue weighted by molar-refractivity contribution is -0.130. The number of amides is 5. The zero-order valence-corrected chi connectivity index (χ0v) is 17.1. The molecule has 0 aromatic heterocycles. The number of nitrogens with one attached hydrogen (secondary N) is 2. The lowest BCUT2D eigenvalue weighted by atomic mass is 10.2. The fourth-order valence-corrected chi connectivity index (χ4v) is 3.26. The molecule has 0 unspecified atom stereocenters. The molecule has 30 heavy (non-hydrogen) atoms. The van der Waals surface area contributed by atoms with Crippen LogP contribution in [-0.2, 0) is 9.59 Å². The van der Waals surface area contributed by atoms with Crippen molar-refractivity contribution in [1.29, 1.82) is 0 Å². The monoisotopic (exact) mass is 408 g/mol. The molecule has 1 aliphatic heterocycles. The summed E-state index contributed by atoms with van der Waals surface area (Å²) in [4.78, 5) is 52.2. The predicted octanol–water partition coefficient (Wildman–Crippen LogP) is 2.54. The molecule has 2 aromatic rings. The first-order valence-corrected chi connectivity index (χ1v) is 9.71. The summed E-state index contributed by atoms with van der Waals surface area (Å²) in [5, 5.41) is 5.33. The van der Waals surface area contributed by atoms with Crippen LogP contribution in [0.15, 0.2) is 48.5 Å². The molecule has 0 radical (unpaired) electrons. The molecule has 1 aliphatic rings. The van der Waals surface area contributed by atoms with Gasteiger partial charge in [0.25, 0.3) is 11.8 Å². The summed E-state index contributed by atoms with van der Waals surface area (Å²) in [5.74, 6) is -1.21. The smallest absolute Gasteiger partial charge is 0.332 e. The highest BCUT2D eigenvalue weighted by molar-refractivity contribution is 6.16. The van der Waals surface area contributed by atoms with Crippen molar-refractivity contribution < 1.29 is 19.2 Å². The molecule has 1 atom stereocenters. The number of imide groups is 1. The molecule has 8 nitrogen and oxygen atoms in total. The molecule has 0 bridgehead atoms. The maximum atomic E-state index is 12.8. The third-order valence-corrected chi connectivity index (χ3v) is 4.81. The predicted molar refractivity (Wildman–Crippen MR) is 113 cm³/mol. The Hall–Kier alpha value is -3.68. The normalized spacial score (nSPS) is 16.0. The van der Waals surface area contributed by atoms with Crippen LogP contribution in [0, 0.1) is 6.92 Å². The van der Waals surface area contributed by atoms with E-state index in [0.29, 0.717) is 23.5 Å². The fourth-order valence-electron chi connectivity index (χ4n) is 3.26. The van der Waals surface area contributed by atoms with Crippen LogP contribution in [0.1, 0.15) is 29.8 Å². The Balaban J connectivity index is 1.70. The molecule has 3 rings (SSSR count). The Labute approximate surface area is 174 Å². The van der Waals surface area contributed by atoms with Gasteiger partial charge >= 0.3 is 6.03 Å². The molecule has 2 N–H and O–H groups in total. The molecular weight excluding hydrogens is 384 g/mol. The molecule has 1 fully saturated rings. The Morgan fingerprint density at radius 1 is 1.07 bits per heavy atom. The maximum Gasteiger partial charge on any atom is 0.332 e. The van der Waals surface area contributed by atoms with Crippen molar-refractivity contribution in [3.8, 4) is 0 Å². The number of hydrogen-bond acceptors (Lipinski definition) is 4. The van der Waals surface area contributed by atoms with Crippen LogP contribution in [0.2, 0.25) is 0 Å². The second-order valence-corrected chi connectivity index (χ2v) is 7.08. The van der Waals surface area contributed by atoms with Gasteiger partial charge in [-0.3, -0.25) is 24.2 Å². The third-order valence-electron chi connectivity index (χ3n) is 4.81. The topological polar surface area (TPSA) is 98.8 Å². The molecule has 2 aromatic carbocycles. The summed E-state index contributed by atoms with van der Waals surface area (Å²) < 4.78 is 0. The van der Waals surface area contributed by atoms with Crippen LogP contribution in [0.25, 0.3) is 0 Å². The number of urea groups is 1. The minimum Gasteiger partial charge on any atom is -0.352 e. The van der Waals surface area contributed by atoms with Gasteiger partial charge in [0.1, 0.15) is 12.6 Å². The van der Waals surface area contributed by atoms with E-state index < -0.39 is 30.4 Å². The fraction of sp³-hybridized carbons (Fsp3) is 0.273. The molecule has 1 heterocycles. The van der Waals surface area contributed by atoms with E-state index >= 15 is 0 Å². The molecule has 0 aliphatic carbocycles. The van der Waals surface area contributed by atoms with Gasteiger partial charge in [0, 0.05) is 23.5 Å². The van der Waals surface area contributed by atoms with E-state index in [-0.39, 0.29) is 5.91 Å². The average Bonchev–Trinajstić information content (AvgIpc) is 2.92. The second-order valence-electron chi connectivity index (χ2n) is 7.08.